The van der Waals surface area contributed by atoms with Crippen molar-refractivity contribution >= 4 is 27.2 Å². The molecule has 3 aromatic carbocycles. The van der Waals surface area contributed by atoms with Gasteiger partial charge in [0.1, 0.15) is 28.6 Å². The van der Waals surface area contributed by atoms with Crippen LogP contribution in [0.1, 0.15) is 44.4 Å². The SMILES string of the molecule is CC(C)=O.CC(C)=O.F[P-](F)(F)(F)(F)F.F[P-](F)(F)(F)(F)F.[Ru+2].c1ccc(Cn2ccc(-c3ccccn3)n2)cc1.c1ccc(Cn2ccc(-c3ccccn3)n2)cc1.c1ccc(Cn2ccc(-c3ccccn3)n2)cc1. The van der Waals surface area contributed by atoms with Crippen molar-refractivity contribution < 1.29 is 79.4 Å². The molecule has 0 saturated carbocycles. The van der Waals surface area contributed by atoms with Gasteiger partial charge in [-0.1, -0.05) is 109 Å². The fourth-order valence-corrected chi connectivity index (χ4v) is 5.61. The van der Waals surface area contributed by atoms with Crippen LogP contribution in [0.4, 0.5) is 50.4 Å². The topological polar surface area (TPSA) is 126 Å². The van der Waals surface area contributed by atoms with E-state index in [9.17, 15) is 60.0 Å². The van der Waals surface area contributed by atoms with Gasteiger partial charge in [-0.25, -0.2) is 0 Å². The third kappa shape index (κ3) is 36.4. The molecule has 0 aliphatic heterocycles. The summed E-state index contributed by atoms with van der Waals surface area (Å²) < 4.78 is 124. The molecule has 6 heterocycles. The van der Waals surface area contributed by atoms with Crippen molar-refractivity contribution in [3.8, 4) is 34.2 Å². The van der Waals surface area contributed by atoms with Crippen LogP contribution in [0.3, 0.4) is 0 Å². The summed E-state index contributed by atoms with van der Waals surface area (Å²) in [6.07, 6.45) is 11.3. The van der Waals surface area contributed by atoms with Gasteiger partial charge >= 0.3 is 85.5 Å². The molecule has 26 heteroatoms. The van der Waals surface area contributed by atoms with E-state index >= 15 is 0 Å². The molecule has 9 rings (SSSR count). The average molecular weight is 1210 g/mol. The predicted molar refractivity (Wildman–Crippen MR) is 273 cm³/mol. The largest absolute Gasteiger partial charge is 2.00 e. The molecular weight excluding hydrogens is 1160 g/mol. The normalized spacial score (nSPS) is 12.2. The van der Waals surface area contributed by atoms with Crippen LogP contribution in [-0.4, -0.2) is 55.9 Å². The monoisotopic (exact) mass is 1210 g/mol. The van der Waals surface area contributed by atoms with Gasteiger partial charge in [-0.2, -0.15) is 15.3 Å². The number of hydrogen-bond donors (Lipinski definition) is 0. The number of aromatic nitrogens is 9. The molecule has 0 atom stereocenters. The summed E-state index contributed by atoms with van der Waals surface area (Å²) in [7, 11) is -21.3. The Balaban J connectivity index is 0.000000330. The molecule has 0 spiro atoms. The van der Waals surface area contributed by atoms with E-state index in [0.717, 1.165) is 53.8 Å². The Labute approximate surface area is 448 Å². The molecule has 0 radical (unpaired) electrons. The summed E-state index contributed by atoms with van der Waals surface area (Å²) in [5.41, 5.74) is 9.18. The number of carbonyl (C=O) groups excluding carboxylic acids is 2. The Kier molecular flexibility index (Phi) is 23.7. The maximum Gasteiger partial charge on any atom is 2.00 e. The minimum absolute atomic E-state index is 0. The van der Waals surface area contributed by atoms with Crippen LogP contribution >= 0.6 is 15.6 Å². The van der Waals surface area contributed by atoms with Gasteiger partial charge in [-0.15, -0.1) is 0 Å². The second-order valence-corrected chi connectivity index (χ2v) is 19.9. The summed E-state index contributed by atoms with van der Waals surface area (Å²) in [6, 6.07) is 54.4. The number of hydrogen-bond acceptors (Lipinski definition) is 8. The maximum atomic E-state index is 9.87. The fraction of sp³-hybridized carbons (Fsp3) is 0.137. The Morgan fingerprint density at radius 3 is 0.714 bits per heavy atom. The first-order valence-corrected chi connectivity index (χ1v) is 26.2. The van der Waals surface area contributed by atoms with E-state index in [1.165, 1.54) is 44.4 Å². The van der Waals surface area contributed by atoms with Crippen LogP contribution in [0.2, 0.25) is 0 Å². The Hall–Kier alpha value is -7.28. The van der Waals surface area contributed by atoms with Crippen molar-refractivity contribution in [3.05, 3.63) is 218 Å². The van der Waals surface area contributed by atoms with Crippen molar-refractivity contribution in [2.24, 2.45) is 0 Å². The van der Waals surface area contributed by atoms with E-state index in [1.807, 2.05) is 160 Å². The van der Waals surface area contributed by atoms with E-state index in [2.05, 4.69) is 66.6 Å². The molecule has 0 fully saturated rings. The minimum Gasteiger partial charge on any atom is -0.268 e. The fourth-order valence-electron chi connectivity index (χ4n) is 5.61. The van der Waals surface area contributed by atoms with Crippen molar-refractivity contribution in [1.29, 1.82) is 0 Å². The maximum absolute atomic E-state index is 10.7. The predicted octanol–water partition coefficient (Wildman–Crippen LogP) is 16.9. The van der Waals surface area contributed by atoms with Crippen LogP contribution in [-0.2, 0) is 48.7 Å². The summed E-state index contributed by atoms with van der Waals surface area (Å²) in [6.45, 7) is 8.47. The summed E-state index contributed by atoms with van der Waals surface area (Å²) in [5, 5.41) is 13.6. The first-order valence-electron chi connectivity index (χ1n) is 22.2. The number of rotatable bonds is 9. The van der Waals surface area contributed by atoms with Crippen molar-refractivity contribution in [3.63, 3.8) is 0 Å². The first-order chi connectivity index (χ1) is 35.1. The van der Waals surface area contributed by atoms with Crippen molar-refractivity contribution in [2.45, 2.75) is 47.3 Å². The Bertz CT molecular complexity index is 2780. The smallest absolute Gasteiger partial charge is 0.268 e. The number of ketones is 2. The van der Waals surface area contributed by atoms with Gasteiger partial charge in [0.25, 0.3) is 0 Å². The Morgan fingerprint density at radius 2 is 0.532 bits per heavy atom. The second kappa shape index (κ2) is 27.7. The zero-order chi connectivity index (χ0) is 56.6. The van der Waals surface area contributed by atoms with Gasteiger partial charge in [-0.3, -0.25) is 29.0 Å². The van der Waals surface area contributed by atoms with Crippen LogP contribution in [0.15, 0.2) is 201 Å². The molecule has 9 aromatic rings. The number of carbonyl (C=O) groups is 2. The zero-order valence-electron chi connectivity index (χ0n) is 41.3. The standard InChI is InChI=1S/3C15H13N3.2C3H6O.2F6P.Ru/c3*1-2-6-13(7-3-1)12-18-11-9-15(17-18)14-8-4-5-10-16-14;2*1-3(2)4;2*1-7(2,3,4,5)6;/h3*1-11H,12H2;2*1-2H3;;;/q;;;;;2*-1;+2. The molecule has 6 aromatic heterocycles. The van der Waals surface area contributed by atoms with E-state index in [-0.39, 0.29) is 31.0 Å². The number of nitrogens with zero attached hydrogens (tertiary/aromatic N) is 9. The molecule has 414 valence electrons. The average Bonchev–Trinajstić information content (AvgIpc) is 4.12. The number of pyridine rings is 3. The summed E-state index contributed by atoms with van der Waals surface area (Å²) in [4.78, 5) is 31.8. The first kappa shape index (κ1) is 65.8. The van der Waals surface area contributed by atoms with E-state index < -0.39 is 15.6 Å². The molecule has 0 bridgehead atoms. The van der Waals surface area contributed by atoms with Gasteiger partial charge in [0.05, 0.1) is 36.7 Å². The summed E-state index contributed by atoms with van der Waals surface area (Å²) >= 11 is 0. The van der Waals surface area contributed by atoms with E-state index in [4.69, 9.17) is 0 Å². The minimum atomic E-state index is -10.7. The third-order valence-electron chi connectivity index (χ3n) is 8.27. The van der Waals surface area contributed by atoms with Gasteiger partial charge in [-0.05, 0) is 99.0 Å². The van der Waals surface area contributed by atoms with Gasteiger partial charge in [0, 0.05) is 37.2 Å². The van der Waals surface area contributed by atoms with Crippen molar-refractivity contribution in [2.75, 3.05) is 0 Å². The molecule has 0 saturated heterocycles. The summed E-state index contributed by atoms with van der Waals surface area (Å²) in [5.74, 6) is 0.333. The molecular formula is C51H51F12N9O2P2Ru. The van der Waals surface area contributed by atoms with Crippen LogP contribution < -0.4 is 0 Å². The number of halogens is 12. The van der Waals surface area contributed by atoms with Crippen LogP contribution in [0, 0.1) is 0 Å². The third-order valence-corrected chi connectivity index (χ3v) is 8.27. The van der Waals surface area contributed by atoms with E-state index in [1.54, 1.807) is 18.6 Å². The number of Topliss-reactive ketones (excluding diaryl/α,β-unsaturated/α-hetero) is 2. The molecule has 0 unspecified atom stereocenters. The molecule has 77 heavy (non-hydrogen) atoms. The molecule has 0 aliphatic carbocycles. The van der Waals surface area contributed by atoms with Crippen LogP contribution in [0.25, 0.3) is 34.2 Å². The molecule has 0 amide bonds. The van der Waals surface area contributed by atoms with E-state index in [0.29, 0.717) is 0 Å². The number of benzene rings is 3. The van der Waals surface area contributed by atoms with Gasteiger partial charge in [0.15, 0.2) is 0 Å². The van der Waals surface area contributed by atoms with Gasteiger partial charge < -0.3 is 9.59 Å². The zero-order valence-corrected chi connectivity index (χ0v) is 44.8. The molecule has 0 N–H and O–H groups in total. The second-order valence-electron chi connectivity index (χ2n) is 16.0. The molecule has 11 nitrogen and oxygen atoms in total. The van der Waals surface area contributed by atoms with Gasteiger partial charge in [0.2, 0.25) is 0 Å². The quantitative estimate of drug-likeness (QED) is 0.0794. The Morgan fingerprint density at radius 1 is 0.338 bits per heavy atom. The molecule has 0 aliphatic rings. The van der Waals surface area contributed by atoms with Crippen molar-refractivity contribution in [1.82, 2.24) is 44.3 Å². The van der Waals surface area contributed by atoms with Crippen LogP contribution in [0.5, 0.6) is 0 Å².